The second-order valence-corrected chi connectivity index (χ2v) is 11.4. The number of hydrogen-bond acceptors (Lipinski definition) is 11. The van der Waals surface area contributed by atoms with Crippen molar-refractivity contribution in [3.8, 4) is 11.5 Å². The maximum absolute atomic E-state index is 12.8. The van der Waals surface area contributed by atoms with Gasteiger partial charge in [0, 0.05) is 69.5 Å². The number of nitrogens with two attached hydrogens (primary N) is 1. The lowest BCUT2D eigenvalue weighted by Gasteiger charge is -2.47. The number of likely N-dealkylation sites (tertiary alicyclic amines) is 1. The van der Waals surface area contributed by atoms with Crippen molar-refractivity contribution in [3.63, 3.8) is 0 Å². The zero-order chi connectivity index (χ0) is 32.6. The highest BCUT2D eigenvalue weighted by Gasteiger charge is 2.35. The Bertz CT molecular complexity index is 1280. The van der Waals surface area contributed by atoms with Crippen LogP contribution in [0.5, 0.6) is 11.5 Å². The number of alkyl halides is 3. The second-order valence-electron chi connectivity index (χ2n) is 11.0. The third-order valence-corrected chi connectivity index (χ3v) is 8.28. The van der Waals surface area contributed by atoms with E-state index in [2.05, 4.69) is 36.7 Å². The van der Waals surface area contributed by atoms with Crippen LogP contribution in [0.2, 0.25) is 5.15 Å². The minimum Gasteiger partial charge on any atom is -0.493 e. The lowest BCUT2D eigenvalue weighted by atomic mass is 9.97. The van der Waals surface area contributed by atoms with E-state index in [1.54, 1.807) is 6.07 Å². The Morgan fingerprint density at radius 3 is 2.58 bits per heavy atom. The average Bonchev–Trinajstić information content (AvgIpc) is 3.01. The van der Waals surface area contributed by atoms with Crippen molar-refractivity contribution in [2.24, 2.45) is 0 Å². The van der Waals surface area contributed by atoms with E-state index in [-0.39, 0.29) is 54.8 Å². The van der Waals surface area contributed by atoms with E-state index in [9.17, 15) is 18.0 Å². The molecule has 1 amide bonds. The number of halogens is 4. The van der Waals surface area contributed by atoms with Crippen LogP contribution in [0.3, 0.4) is 0 Å². The van der Waals surface area contributed by atoms with Crippen LogP contribution in [0, 0.1) is 0 Å². The van der Waals surface area contributed by atoms with Gasteiger partial charge in [-0.25, -0.2) is 9.97 Å². The number of carbonyl (C=O) groups excluding carboxylic acids is 1. The fourth-order valence-electron chi connectivity index (χ4n) is 5.84. The summed E-state index contributed by atoms with van der Waals surface area (Å²) in [7, 11) is 0. The number of rotatable bonds is 13. The van der Waals surface area contributed by atoms with Crippen LogP contribution >= 0.6 is 11.6 Å². The summed E-state index contributed by atoms with van der Waals surface area (Å²) in [6, 6.07) is 4.74. The van der Waals surface area contributed by atoms with Gasteiger partial charge in [-0.2, -0.15) is 0 Å². The molecule has 2 aliphatic rings. The van der Waals surface area contributed by atoms with Crippen LogP contribution in [-0.2, 0) is 6.54 Å². The number of amides is 1. The highest BCUT2D eigenvalue weighted by atomic mass is 35.5. The monoisotopic (exact) mass is 659 g/mol. The quantitative estimate of drug-likeness (QED) is 0.235. The molecule has 2 aromatic rings. The molecule has 1 aromatic heterocycles. The fraction of sp³-hybridized carbons (Fsp3) is 0.621. The molecule has 2 aliphatic heterocycles. The number of nitrogens with zero attached hydrogens (tertiary/aromatic N) is 5. The highest BCUT2D eigenvalue weighted by molar-refractivity contribution is 6.32. The Hall–Kier alpha value is -3.11. The zero-order valence-electron chi connectivity index (χ0n) is 25.2. The van der Waals surface area contributed by atoms with Crippen LogP contribution in [-0.4, -0.2) is 113 Å². The maximum Gasteiger partial charge on any atom is 0.573 e. The number of hydrogen-bond donors (Lipinski definition) is 4. The summed E-state index contributed by atoms with van der Waals surface area (Å²) in [4.78, 5) is 27.7. The molecule has 4 rings (SSSR count). The molecule has 3 heterocycles. The summed E-state index contributed by atoms with van der Waals surface area (Å²) in [6.07, 6.45) is -1.68. The number of aromatic nitrogens is 2. The number of piperazine rings is 1. The third-order valence-electron chi connectivity index (χ3n) is 8.03. The lowest BCUT2D eigenvalue weighted by Crippen LogP contribution is -2.58. The van der Waals surface area contributed by atoms with Gasteiger partial charge in [0.2, 0.25) is 0 Å². The molecule has 1 atom stereocenters. The molecule has 0 bridgehead atoms. The molecule has 0 spiro atoms. The van der Waals surface area contributed by atoms with Gasteiger partial charge >= 0.3 is 6.36 Å². The summed E-state index contributed by atoms with van der Waals surface area (Å²) < 4.78 is 48.1. The molecule has 250 valence electrons. The van der Waals surface area contributed by atoms with Crippen molar-refractivity contribution in [2.75, 3.05) is 69.7 Å². The van der Waals surface area contributed by atoms with Crippen molar-refractivity contribution in [2.45, 2.75) is 57.6 Å². The Kier molecular flexibility index (Phi) is 12.3. The number of nitrogen functional groups attached to an aromatic ring is 1. The Balaban J connectivity index is 1.36. The number of benzene rings is 1. The van der Waals surface area contributed by atoms with E-state index in [4.69, 9.17) is 32.3 Å². The number of aliphatic hydroxyl groups excluding tert-OH is 2. The second kappa shape index (κ2) is 15.9. The van der Waals surface area contributed by atoms with E-state index >= 15 is 0 Å². The van der Waals surface area contributed by atoms with Crippen LogP contribution in [0.1, 0.15) is 48.7 Å². The van der Waals surface area contributed by atoms with Gasteiger partial charge in [-0.3, -0.25) is 14.6 Å². The first-order chi connectivity index (χ1) is 21.5. The first kappa shape index (κ1) is 34.8. The number of piperidine rings is 1. The standard InChI is InChI=1S/C29H41ClF3N7O5/c1-2-20-18-39(27-25(30)36-24(26(34)37-27)28(43)35-8-14-42)11-12-40(20)21-6-9-38(10-7-21)17-19-4-5-22(45-29(31,32)33)16-23(19)44-15-3-13-41/h4-5,16,20-21,41-42H,2-3,6-15,17-18H2,1H3,(H2,34,37)(H,35,43)/t20-/m0/s1. The van der Waals surface area contributed by atoms with Gasteiger partial charge in [-0.1, -0.05) is 24.6 Å². The Labute approximate surface area is 265 Å². The Morgan fingerprint density at radius 1 is 1.16 bits per heavy atom. The SMILES string of the molecule is CC[C@H]1CN(c2nc(N)c(C(=O)NCCO)nc2Cl)CCN1C1CCN(Cc2ccc(OC(F)(F)F)cc2OCCCO)CC1. The van der Waals surface area contributed by atoms with Crippen molar-refractivity contribution < 1.29 is 37.7 Å². The van der Waals surface area contributed by atoms with E-state index in [1.165, 1.54) is 12.1 Å². The van der Waals surface area contributed by atoms with Crippen LogP contribution in [0.15, 0.2) is 18.2 Å². The van der Waals surface area contributed by atoms with Gasteiger partial charge in [0.15, 0.2) is 22.5 Å². The molecule has 0 aliphatic carbocycles. The molecule has 0 radical (unpaired) electrons. The van der Waals surface area contributed by atoms with E-state index < -0.39 is 12.3 Å². The predicted octanol–water partition coefficient (Wildman–Crippen LogP) is 2.66. The van der Waals surface area contributed by atoms with E-state index in [0.717, 1.165) is 44.5 Å². The number of nitrogens with one attached hydrogen (secondary N) is 1. The molecule has 45 heavy (non-hydrogen) atoms. The number of anilines is 2. The summed E-state index contributed by atoms with van der Waals surface area (Å²) in [5.74, 6) is -0.177. The normalized spacial score (nSPS) is 18.6. The fourth-order valence-corrected chi connectivity index (χ4v) is 6.09. The van der Waals surface area contributed by atoms with Gasteiger partial charge in [0.1, 0.15) is 11.5 Å². The average molecular weight is 660 g/mol. The summed E-state index contributed by atoms with van der Waals surface area (Å²) >= 11 is 6.46. The van der Waals surface area contributed by atoms with Crippen LogP contribution < -0.4 is 25.4 Å². The van der Waals surface area contributed by atoms with Crippen molar-refractivity contribution in [3.05, 3.63) is 34.6 Å². The molecule has 2 fully saturated rings. The maximum atomic E-state index is 12.8. The molecule has 1 aromatic carbocycles. The van der Waals surface area contributed by atoms with E-state index in [1.807, 2.05) is 4.90 Å². The molecule has 0 saturated carbocycles. The minimum atomic E-state index is -4.80. The van der Waals surface area contributed by atoms with Gasteiger partial charge in [-0.05, 0) is 38.4 Å². The van der Waals surface area contributed by atoms with Gasteiger partial charge in [0.05, 0.1) is 13.2 Å². The number of carbonyl (C=O) groups is 1. The highest BCUT2D eigenvalue weighted by Crippen LogP contribution is 2.33. The molecule has 12 nitrogen and oxygen atoms in total. The van der Waals surface area contributed by atoms with Crippen LogP contribution in [0.4, 0.5) is 24.8 Å². The minimum absolute atomic E-state index is 0.0304. The first-order valence-corrected chi connectivity index (χ1v) is 15.5. The number of ether oxygens (including phenoxy) is 2. The van der Waals surface area contributed by atoms with Gasteiger partial charge in [0.25, 0.3) is 5.91 Å². The predicted molar refractivity (Wildman–Crippen MR) is 162 cm³/mol. The summed E-state index contributed by atoms with van der Waals surface area (Å²) in [5.41, 5.74) is 6.73. The van der Waals surface area contributed by atoms with Gasteiger partial charge < -0.3 is 35.6 Å². The van der Waals surface area contributed by atoms with Crippen molar-refractivity contribution >= 4 is 29.1 Å². The summed E-state index contributed by atoms with van der Waals surface area (Å²) in [5, 5.41) is 20.6. The topological polar surface area (TPSA) is 150 Å². The summed E-state index contributed by atoms with van der Waals surface area (Å²) in [6.45, 7) is 6.32. The van der Waals surface area contributed by atoms with Crippen LogP contribution in [0.25, 0.3) is 0 Å². The molecule has 0 unspecified atom stereocenters. The third kappa shape index (κ3) is 9.45. The molecular formula is C29H41ClF3N7O5. The number of aliphatic hydroxyl groups is 2. The molecular weight excluding hydrogens is 619 g/mol. The smallest absolute Gasteiger partial charge is 0.493 e. The molecule has 5 N–H and O–H groups in total. The van der Waals surface area contributed by atoms with E-state index in [0.29, 0.717) is 43.7 Å². The lowest BCUT2D eigenvalue weighted by molar-refractivity contribution is -0.274. The van der Waals surface area contributed by atoms with Crippen molar-refractivity contribution in [1.29, 1.82) is 0 Å². The molecule has 2 saturated heterocycles. The Morgan fingerprint density at radius 2 is 1.91 bits per heavy atom. The van der Waals surface area contributed by atoms with Gasteiger partial charge in [-0.15, -0.1) is 13.2 Å². The zero-order valence-corrected chi connectivity index (χ0v) is 26.0. The first-order valence-electron chi connectivity index (χ1n) is 15.1. The van der Waals surface area contributed by atoms with Crippen molar-refractivity contribution in [1.82, 2.24) is 25.1 Å². The molecule has 16 heteroatoms. The largest absolute Gasteiger partial charge is 0.573 e.